The standard InChI is InChI=1S/C15H22N6O/c1-11-17-4-5-21(11)7-6-20(2)14-9-13(18-15(16)19-14)12-3-8-22-10-12/h4-5,9,12H,3,6-8,10H2,1-2H3,(H2,16,18,19)/t12-/m1/s1. The van der Waals surface area contributed by atoms with Gasteiger partial charge in [0.15, 0.2) is 0 Å². The third kappa shape index (κ3) is 3.19. The summed E-state index contributed by atoms with van der Waals surface area (Å²) in [6.07, 6.45) is 4.79. The summed E-state index contributed by atoms with van der Waals surface area (Å²) in [6.45, 7) is 5.19. The van der Waals surface area contributed by atoms with Gasteiger partial charge in [-0.05, 0) is 13.3 Å². The molecule has 3 rings (SSSR count). The van der Waals surface area contributed by atoms with E-state index in [4.69, 9.17) is 10.5 Å². The highest BCUT2D eigenvalue weighted by Crippen LogP contribution is 2.26. The summed E-state index contributed by atoms with van der Waals surface area (Å²) < 4.78 is 7.55. The highest BCUT2D eigenvalue weighted by atomic mass is 16.5. The zero-order chi connectivity index (χ0) is 15.5. The van der Waals surface area contributed by atoms with Crippen molar-refractivity contribution in [2.75, 3.05) is 37.4 Å². The van der Waals surface area contributed by atoms with Crippen molar-refractivity contribution in [1.82, 2.24) is 19.5 Å². The molecule has 2 N–H and O–H groups in total. The largest absolute Gasteiger partial charge is 0.381 e. The fourth-order valence-electron chi connectivity index (χ4n) is 2.66. The van der Waals surface area contributed by atoms with Crippen LogP contribution < -0.4 is 10.6 Å². The van der Waals surface area contributed by atoms with Gasteiger partial charge in [-0.15, -0.1) is 0 Å². The number of anilines is 2. The maximum absolute atomic E-state index is 5.87. The van der Waals surface area contributed by atoms with Gasteiger partial charge in [0, 0.05) is 51.1 Å². The Balaban J connectivity index is 1.71. The molecule has 0 saturated carbocycles. The summed E-state index contributed by atoms with van der Waals surface area (Å²) in [4.78, 5) is 15.0. The highest BCUT2D eigenvalue weighted by Gasteiger charge is 2.21. The van der Waals surface area contributed by atoms with Gasteiger partial charge in [-0.1, -0.05) is 0 Å². The Labute approximate surface area is 130 Å². The predicted molar refractivity (Wildman–Crippen MR) is 84.9 cm³/mol. The average molecular weight is 302 g/mol. The summed E-state index contributed by atoms with van der Waals surface area (Å²) >= 11 is 0. The van der Waals surface area contributed by atoms with Crippen molar-refractivity contribution >= 4 is 11.8 Å². The van der Waals surface area contributed by atoms with Gasteiger partial charge >= 0.3 is 0 Å². The van der Waals surface area contributed by atoms with Crippen molar-refractivity contribution in [3.05, 3.63) is 30.0 Å². The van der Waals surface area contributed by atoms with Crippen LogP contribution in [-0.2, 0) is 11.3 Å². The first-order valence-electron chi connectivity index (χ1n) is 7.54. The molecule has 7 heteroatoms. The minimum Gasteiger partial charge on any atom is -0.381 e. The van der Waals surface area contributed by atoms with Crippen LogP contribution in [0.2, 0.25) is 0 Å². The van der Waals surface area contributed by atoms with Gasteiger partial charge in [-0.25, -0.2) is 9.97 Å². The zero-order valence-electron chi connectivity index (χ0n) is 13.1. The molecule has 0 radical (unpaired) electrons. The normalized spacial score (nSPS) is 17.8. The molecular formula is C15H22N6O. The zero-order valence-corrected chi connectivity index (χ0v) is 13.1. The Hall–Kier alpha value is -2.15. The van der Waals surface area contributed by atoms with E-state index >= 15 is 0 Å². The van der Waals surface area contributed by atoms with Gasteiger partial charge < -0.3 is 19.9 Å². The van der Waals surface area contributed by atoms with Gasteiger partial charge in [0.25, 0.3) is 0 Å². The molecule has 1 fully saturated rings. The molecular weight excluding hydrogens is 280 g/mol. The van der Waals surface area contributed by atoms with E-state index in [-0.39, 0.29) is 0 Å². The van der Waals surface area contributed by atoms with E-state index in [1.165, 1.54) is 0 Å². The molecule has 118 valence electrons. The van der Waals surface area contributed by atoms with Crippen LogP contribution in [0.4, 0.5) is 11.8 Å². The fourth-order valence-corrected chi connectivity index (χ4v) is 2.66. The number of rotatable bonds is 5. The Morgan fingerprint density at radius 1 is 1.45 bits per heavy atom. The van der Waals surface area contributed by atoms with Gasteiger partial charge in [-0.3, -0.25) is 0 Å². The van der Waals surface area contributed by atoms with Gasteiger partial charge in [0.05, 0.1) is 12.3 Å². The molecule has 1 aliphatic heterocycles. The van der Waals surface area contributed by atoms with Gasteiger partial charge in [0.1, 0.15) is 11.6 Å². The molecule has 2 aromatic heterocycles. The number of hydrogen-bond acceptors (Lipinski definition) is 6. The second-order valence-electron chi connectivity index (χ2n) is 5.66. The van der Waals surface area contributed by atoms with Crippen molar-refractivity contribution in [3.8, 4) is 0 Å². The van der Waals surface area contributed by atoms with Crippen LogP contribution in [0.25, 0.3) is 0 Å². The molecule has 0 aliphatic carbocycles. The first-order valence-corrected chi connectivity index (χ1v) is 7.54. The van der Waals surface area contributed by atoms with E-state index in [0.717, 1.165) is 43.5 Å². The quantitative estimate of drug-likeness (QED) is 0.894. The molecule has 7 nitrogen and oxygen atoms in total. The second kappa shape index (κ2) is 6.31. The van der Waals surface area contributed by atoms with E-state index in [9.17, 15) is 0 Å². The number of imidazole rings is 1. The molecule has 0 amide bonds. The Morgan fingerprint density at radius 3 is 3.00 bits per heavy atom. The molecule has 1 atom stereocenters. The third-order valence-electron chi connectivity index (χ3n) is 4.09. The van der Waals surface area contributed by atoms with Crippen molar-refractivity contribution in [2.24, 2.45) is 0 Å². The van der Waals surface area contributed by atoms with E-state index in [0.29, 0.717) is 18.5 Å². The van der Waals surface area contributed by atoms with E-state index in [1.54, 1.807) is 0 Å². The SMILES string of the molecule is Cc1nccn1CCN(C)c1cc([C@@H]2CCOC2)nc(N)n1. The maximum atomic E-state index is 5.87. The minimum atomic E-state index is 0.324. The minimum absolute atomic E-state index is 0.324. The summed E-state index contributed by atoms with van der Waals surface area (Å²) in [5.74, 6) is 2.52. The molecule has 0 aromatic carbocycles. The lowest BCUT2D eigenvalue weighted by Crippen LogP contribution is -2.24. The van der Waals surface area contributed by atoms with Crippen LogP contribution in [0.3, 0.4) is 0 Å². The number of nitrogen functional groups attached to an aromatic ring is 1. The Bertz CT molecular complexity index is 635. The topological polar surface area (TPSA) is 82.1 Å². The summed E-state index contributed by atoms with van der Waals surface area (Å²) in [7, 11) is 2.02. The highest BCUT2D eigenvalue weighted by molar-refractivity contribution is 5.43. The first kappa shape index (κ1) is 14.8. The lowest BCUT2D eigenvalue weighted by atomic mass is 10.0. The van der Waals surface area contributed by atoms with E-state index in [1.807, 2.05) is 32.4 Å². The van der Waals surface area contributed by atoms with Crippen LogP contribution in [0, 0.1) is 6.92 Å². The number of ether oxygens (including phenoxy) is 1. The average Bonchev–Trinajstić information content (AvgIpc) is 3.15. The molecule has 0 spiro atoms. The van der Waals surface area contributed by atoms with Gasteiger partial charge in [-0.2, -0.15) is 4.98 Å². The lowest BCUT2D eigenvalue weighted by Gasteiger charge is -2.20. The number of likely N-dealkylation sites (N-methyl/N-ethyl adjacent to an activating group) is 1. The summed E-state index contributed by atoms with van der Waals surface area (Å²) in [6, 6.07) is 2.02. The van der Waals surface area contributed by atoms with Crippen LogP contribution in [0.1, 0.15) is 23.9 Å². The van der Waals surface area contributed by atoms with Crippen LogP contribution in [-0.4, -0.2) is 46.3 Å². The van der Waals surface area contributed by atoms with Crippen LogP contribution in [0.15, 0.2) is 18.5 Å². The van der Waals surface area contributed by atoms with Crippen molar-refractivity contribution in [1.29, 1.82) is 0 Å². The predicted octanol–water partition coefficient (Wildman–Crippen LogP) is 1.20. The van der Waals surface area contributed by atoms with E-state index in [2.05, 4.69) is 24.4 Å². The number of nitrogens with two attached hydrogens (primary N) is 1. The molecule has 1 saturated heterocycles. The van der Waals surface area contributed by atoms with E-state index < -0.39 is 0 Å². The molecule has 2 aromatic rings. The Morgan fingerprint density at radius 2 is 2.32 bits per heavy atom. The molecule has 3 heterocycles. The maximum Gasteiger partial charge on any atom is 0.222 e. The number of hydrogen-bond donors (Lipinski definition) is 1. The molecule has 1 aliphatic rings. The monoisotopic (exact) mass is 302 g/mol. The molecule has 22 heavy (non-hydrogen) atoms. The fraction of sp³-hybridized carbons (Fsp3) is 0.533. The van der Waals surface area contributed by atoms with Crippen LogP contribution >= 0.6 is 0 Å². The summed E-state index contributed by atoms with van der Waals surface area (Å²) in [5, 5.41) is 0. The van der Waals surface area contributed by atoms with Crippen molar-refractivity contribution in [3.63, 3.8) is 0 Å². The number of aryl methyl sites for hydroxylation is 1. The van der Waals surface area contributed by atoms with Crippen molar-refractivity contribution < 1.29 is 4.74 Å². The Kier molecular flexibility index (Phi) is 4.24. The number of nitrogens with zero attached hydrogens (tertiary/aromatic N) is 5. The molecule has 0 bridgehead atoms. The smallest absolute Gasteiger partial charge is 0.222 e. The van der Waals surface area contributed by atoms with Crippen LogP contribution in [0.5, 0.6) is 0 Å². The number of aromatic nitrogens is 4. The molecule has 0 unspecified atom stereocenters. The van der Waals surface area contributed by atoms with Crippen molar-refractivity contribution in [2.45, 2.75) is 25.8 Å². The second-order valence-corrected chi connectivity index (χ2v) is 5.66. The third-order valence-corrected chi connectivity index (χ3v) is 4.09. The summed E-state index contributed by atoms with van der Waals surface area (Å²) in [5.41, 5.74) is 6.85. The first-order chi connectivity index (χ1) is 10.6. The van der Waals surface area contributed by atoms with Gasteiger partial charge in [0.2, 0.25) is 5.95 Å². The lowest BCUT2D eigenvalue weighted by molar-refractivity contribution is 0.193.